The van der Waals surface area contributed by atoms with Crippen molar-refractivity contribution in [2.75, 3.05) is 18.2 Å². The number of aromatic nitrogens is 2. The average Bonchev–Trinajstić information content (AvgIpc) is 3.11. The molecule has 0 unspecified atom stereocenters. The number of carbonyl (C=O) groups is 1. The van der Waals surface area contributed by atoms with E-state index in [4.69, 9.17) is 20.8 Å². The van der Waals surface area contributed by atoms with Gasteiger partial charge in [-0.1, -0.05) is 23.4 Å². The van der Waals surface area contributed by atoms with Gasteiger partial charge in [-0.15, -0.1) is 10.2 Å². The van der Waals surface area contributed by atoms with Crippen molar-refractivity contribution in [2.45, 2.75) is 5.22 Å². The van der Waals surface area contributed by atoms with E-state index < -0.39 is 5.82 Å². The van der Waals surface area contributed by atoms with Crippen LogP contribution >= 0.6 is 23.4 Å². The molecule has 0 aliphatic carbocycles. The molecule has 134 valence electrons. The topological polar surface area (TPSA) is 77.2 Å². The van der Waals surface area contributed by atoms with Crippen LogP contribution in [0.5, 0.6) is 5.75 Å². The van der Waals surface area contributed by atoms with Gasteiger partial charge in [0.05, 0.1) is 23.6 Å². The number of benzene rings is 2. The van der Waals surface area contributed by atoms with Crippen molar-refractivity contribution in [3.8, 4) is 17.2 Å². The van der Waals surface area contributed by atoms with Crippen LogP contribution in [0.3, 0.4) is 0 Å². The molecule has 0 bridgehead atoms. The summed E-state index contributed by atoms with van der Waals surface area (Å²) in [6.07, 6.45) is 0. The molecule has 3 rings (SSSR count). The fraction of sp³-hybridized carbons (Fsp3) is 0.118. The van der Waals surface area contributed by atoms with Crippen LogP contribution in [0.15, 0.2) is 52.1 Å². The minimum absolute atomic E-state index is 0.0396. The highest BCUT2D eigenvalue weighted by molar-refractivity contribution is 7.99. The Kier molecular flexibility index (Phi) is 5.75. The Morgan fingerprint density at radius 1 is 1.27 bits per heavy atom. The first-order valence-corrected chi connectivity index (χ1v) is 8.77. The molecule has 0 atom stereocenters. The Morgan fingerprint density at radius 2 is 2.04 bits per heavy atom. The van der Waals surface area contributed by atoms with Gasteiger partial charge in [-0.2, -0.15) is 0 Å². The zero-order chi connectivity index (χ0) is 18.5. The number of hydrogen-bond donors (Lipinski definition) is 1. The summed E-state index contributed by atoms with van der Waals surface area (Å²) in [7, 11) is 1.58. The minimum atomic E-state index is -0.473. The molecule has 3 aromatic rings. The van der Waals surface area contributed by atoms with Gasteiger partial charge in [0.2, 0.25) is 11.8 Å². The Bertz CT molecular complexity index is 918. The van der Waals surface area contributed by atoms with E-state index in [2.05, 4.69) is 15.5 Å². The van der Waals surface area contributed by atoms with Crippen LogP contribution in [0.1, 0.15) is 0 Å². The molecule has 0 spiro atoms. The predicted octanol–water partition coefficient (Wildman–Crippen LogP) is 4.27. The van der Waals surface area contributed by atoms with Crippen LogP contribution in [0, 0.1) is 5.82 Å². The van der Waals surface area contributed by atoms with Crippen LogP contribution in [-0.2, 0) is 4.79 Å². The molecule has 0 saturated carbocycles. The van der Waals surface area contributed by atoms with E-state index in [1.165, 1.54) is 12.1 Å². The van der Waals surface area contributed by atoms with Crippen LogP contribution in [-0.4, -0.2) is 29.0 Å². The van der Waals surface area contributed by atoms with Gasteiger partial charge in [-0.25, -0.2) is 4.39 Å². The number of methoxy groups -OCH3 is 1. The average molecular weight is 394 g/mol. The first-order chi connectivity index (χ1) is 12.5. The number of carbonyl (C=O) groups excluding carboxylic acids is 1. The van der Waals surface area contributed by atoms with Crippen LogP contribution < -0.4 is 10.1 Å². The molecular weight excluding hydrogens is 381 g/mol. The molecule has 1 N–H and O–H groups in total. The molecule has 0 aliphatic heterocycles. The zero-order valence-corrected chi connectivity index (χ0v) is 15.1. The molecular formula is C17H13ClFN3O3S. The Hall–Kier alpha value is -2.58. The SMILES string of the molecule is COc1ccc(-c2nnc(SCC(=O)Nc3ccc(F)cc3Cl)o2)cc1. The maximum Gasteiger partial charge on any atom is 0.277 e. The molecule has 1 amide bonds. The number of nitrogens with one attached hydrogen (secondary N) is 1. The lowest BCUT2D eigenvalue weighted by Gasteiger charge is -2.06. The van der Waals surface area contributed by atoms with Crippen molar-refractivity contribution in [1.82, 2.24) is 10.2 Å². The standard InChI is InChI=1S/C17H13ClFN3O3S/c1-24-12-5-2-10(3-6-12)16-21-22-17(25-16)26-9-15(23)20-14-7-4-11(19)8-13(14)18/h2-8H,9H2,1H3,(H,20,23). The molecule has 0 aliphatic rings. The van der Waals surface area contributed by atoms with E-state index in [0.29, 0.717) is 11.6 Å². The summed E-state index contributed by atoms with van der Waals surface area (Å²) in [6.45, 7) is 0. The van der Waals surface area contributed by atoms with Gasteiger partial charge in [0.25, 0.3) is 5.22 Å². The van der Waals surface area contributed by atoms with E-state index in [1.54, 1.807) is 31.4 Å². The summed E-state index contributed by atoms with van der Waals surface area (Å²) >= 11 is 6.96. The van der Waals surface area contributed by atoms with Crippen LogP contribution in [0.4, 0.5) is 10.1 Å². The highest BCUT2D eigenvalue weighted by atomic mass is 35.5. The molecule has 26 heavy (non-hydrogen) atoms. The number of amides is 1. The van der Waals surface area contributed by atoms with Gasteiger partial charge in [0, 0.05) is 5.56 Å². The summed E-state index contributed by atoms with van der Waals surface area (Å²) in [6, 6.07) is 10.9. The second-order valence-corrected chi connectivity index (χ2v) is 6.40. The van der Waals surface area contributed by atoms with E-state index in [1.807, 2.05) is 0 Å². The second-order valence-electron chi connectivity index (χ2n) is 5.06. The highest BCUT2D eigenvalue weighted by Crippen LogP contribution is 2.26. The molecule has 1 aromatic heterocycles. The van der Waals surface area contributed by atoms with Crippen molar-refractivity contribution < 1.29 is 18.3 Å². The molecule has 0 radical (unpaired) electrons. The van der Waals surface area contributed by atoms with Crippen molar-refractivity contribution >= 4 is 35.0 Å². The zero-order valence-electron chi connectivity index (χ0n) is 13.5. The molecule has 0 saturated heterocycles. The third-order valence-corrected chi connectivity index (χ3v) is 4.41. The second kappa shape index (κ2) is 8.20. The summed E-state index contributed by atoms with van der Waals surface area (Å²) in [5.74, 6) is 0.306. The number of halogens is 2. The first-order valence-electron chi connectivity index (χ1n) is 7.41. The summed E-state index contributed by atoms with van der Waals surface area (Å²) in [5.41, 5.74) is 1.08. The Balaban J connectivity index is 1.58. The molecule has 0 fully saturated rings. The summed E-state index contributed by atoms with van der Waals surface area (Å²) in [4.78, 5) is 12.0. The van der Waals surface area contributed by atoms with Gasteiger partial charge in [0.1, 0.15) is 11.6 Å². The van der Waals surface area contributed by atoms with E-state index in [0.717, 1.165) is 29.1 Å². The lowest BCUT2D eigenvalue weighted by Crippen LogP contribution is -2.14. The van der Waals surface area contributed by atoms with E-state index in [9.17, 15) is 9.18 Å². The molecule has 6 nitrogen and oxygen atoms in total. The fourth-order valence-corrected chi connectivity index (χ4v) is 2.80. The molecule has 9 heteroatoms. The smallest absolute Gasteiger partial charge is 0.277 e. The third-order valence-electron chi connectivity index (χ3n) is 3.28. The van der Waals surface area contributed by atoms with Crippen molar-refractivity contribution in [2.24, 2.45) is 0 Å². The lowest BCUT2D eigenvalue weighted by molar-refractivity contribution is -0.113. The molecule has 2 aromatic carbocycles. The number of thioether (sulfide) groups is 1. The number of ether oxygens (including phenoxy) is 1. The summed E-state index contributed by atoms with van der Waals surface area (Å²) in [5, 5.41) is 10.8. The highest BCUT2D eigenvalue weighted by Gasteiger charge is 2.12. The maximum atomic E-state index is 13.0. The van der Waals surface area contributed by atoms with Crippen LogP contribution in [0.25, 0.3) is 11.5 Å². The fourth-order valence-electron chi connectivity index (χ4n) is 2.02. The van der Waals surface area contributed by atoms with Crippen molar-refractivity contribution in [3.63, 3.8) is 0 Å². The number of anilines is 1. The van der Waals surface area contributed by atoms with Gasteiger partial charge < -0.3 is 14.5 Å². The van der Waals surface area contributed by atoms with Gasteiger partial charge in [-0.3, -0.25) is 4.79 Å². The summed E-state index contributed by atoms with van der Waals surface area (Å²) < 4.78 is 23.6. The van der Waals surface area contributed by atoms with E-state index >= 15 is 0 Å². The first kappa shape index (κ1) is 18.2. The largest absolute Gasteiger partial charge is 0.497 e. The van der Waals surface area contributed by atoms with Crippen LogP contribution in [0.2, 0.25) is 5.02 Å². The quantitative estimate of drug-likeness (QED) is 0.630. The number of hydrogen-bond acceptors (Lipinski definition) is 6. The third kappa shape index (κ3) is 4.53. The maximum absolute atomic E-state index is 13.0. The Morgan fingerprint density at radius 3 is 2.73 bits per heavy atom. The number of rotatable bonds is 6. The van der Waals surface area contributed by atoms with Gasteiger partial charge >= 0.3 is 0 Å². The van der Waals surface area contributed by atoms with E-state index in [-0.39, 0.29) is 21.9 Å². The number of nitrogens with zero attached hydrogens (tertiary/aromatic N) is 2. The normalized spacial score (nSPS) is 10.6. The van der Waals surface area contributed by atoms with Crippen molar-refractivity contribution in [1.29, 1.82) is 0 Å². The van der Waals surface area contributed by atoms with Crippen molar-refractivity contribution in [3.05, 3.63) is 53.3 Å². The lowest BCUT2D eigenvalue weighted by atomic mass is 10.2. The predicted molar refractivity (Wildman–Crippen MR) is 97.0 cm³/mol. The van der Waals surface area contributed by atoms with Gasteiger partial charge in [0.15, 0.2) is 0 Å². The molecule has 1 heterocycles. The monoisotopic (exact) mass is 393 g/mol. The van der Waals surface area contributed by atoms with Gasteiger partial charge in [-0.05, 0) is 42.5 Å². The minimum Gasteiger partial charge on any atom is -0.497 e. The Labute approximate surface area is 157 Å².